The van der Waals surface area contributed by atoms with Crippen LogP contribution in [-0.2, 0) is 7.05 Å². The Bertz CT molecular complexity index is 714. The Hall–Kier alpha value is -2.38. The number of carbonyl (C=O) groups is 1. The van der Waals surface area contributed by atoms with E-state index in [1.54, 1.807) is 29.9 Å². The third-order valence-corrected chi connectivity index (χ3v) is 3.52. The molecule has 8 heteroatoms. The van der Waals surface area contributed by atoms with Gasteiger partial charge in [0, 0.05) is 37.6 Å². The van der Waals surface area contributed by atoms with E-state index in [0.29, 0.717) is 5.69 Å². The number of carbonyl (C=O) groups excluding carboxylic acids is 1. The number of halogens is 1. The summed E-state index contributed by atoms with van der Waals surface area (Å²) in [7, 11) is 1.78. The maximum atomic E-state index is 12.1. The summed E-state index contributed by atoms with van der Waals surface area (Å²) >= 11 is 5.89. The van der Waals surface area contributed by atoms with E-state index in [0.717, 1.165) is 6.07 Å². The minimum Gasteiger partial charge on any atom is -0.385 e. The maximum Gasteiger partial charge on any atom is 0.270 e. The molecule has 0 saturated carbocycles. The van der Waals surface area contributed by atoms with Crippen LogP contribution in [0.5, 0.6) is 0 Å². The number of non-ortho nitro benzene ring substituents is 1. The lowest BCUT2D eigenvalue weighted by atomic mass is 10.1. The molecule has 1 heterocycles. The Morgan fingerprint density at radius 2 is 2.23 bits per heavy atom. The molecule has 1 atom stereocenters. The molecular formula is C14H14ClN3O4. The quantitative estimate of drug-likeness (QED) is 0.650. The minimum absolute atomic E-state index is 0.00468. The number of hydrogen-bond acceptors (Lipinski definition) is 4. The van der Waals surface area contributed by atoms with Gasteiger partial charge in [-0.15, -0.1) is 0 Å². The van der Waals surface area contributed by atoms with Crippen LogP contribution in [0.3, 0.4) is 0 Å². The van der Waals surface area contributed by atoms with Gasteiger partial charge in [-0.05, 0) is 18.2 Å². The Balaban J connectivity index is 2.08. The monoisotopic (exact) mass is 323 g/mol. The van der Waals surface area contributed by atoms with E-state index in [1.165, 1.54) is 12.1 Å². The molecule has 1 aromatic carbocycles. The van der Waals surface area contributed by atoms with Crippen molar-refractivity contribution < 1.29 is 14.8 Å². The summed E-state index contributed by atoms with van der Waals surface area (Å²) in [5, 5.41) is 23.4. The summed E-state index contributed by atoms with van der Waals surface area (Å²) in [6.07, 6.45) is 0.888. The molecule has 0 fully saturated rings. The predicted molar refractivity (Wildman–Crippen MR) is 80.8 cm³/mol. The molecule has 0 aliphatic carbocycles. The summed E-state index contributed by atoms with van der Waals surface area (Å²) in [5.74, 6) is -0.582. The fraction of sp³-hybridized carbons (Fsp3) is 0.214. The number of aliphatic hydroxyl groups excluding tert-OH is 1. The van der Waals surface area contributed by atoms with Gasteiger partial charge >= 0.3 is 0 Å². The Labute approximate surface area is 131 Å². The van der Waals surface area contributed by atoms with Crippen LogP contribution in [-0.4, -0.2) is 27.0 Å². The lowest BCUT2D eigenvalue weighted by Crippen LogP contribution is -2.29. The van der Waals surface area contributed by atoms with Crippen LogP contribution in [0.4, 0.5) is 5.69 Å². The van der Waals surface area contributed by atoms with E-state index in [-0.39, 0.29) is 22.8 Å². The molecule has 0 bridgehead atoms. The van der Waals surface area contributed by atoms with Crippen LogP contribution in [0, 0.1) is 10.1 Å². The third kappa shape index (κ3) is 3.44. The average Bonchev–Trinajstić information content (AvgIpc) is 2.90. The lowest BCUT2D eigenvalue weighted by molar-refractivity contribution is -0.384. The van der Waals surface area contributed by atoms with E-state index < -0.39 is 16.9 Å². The Morgan fingerprint density at radius 1 is 1.50 bits per heavy atom. The number of rotatable bonds is 5. The molecule has 2 rings (SSSR count). The minimum atomic E-state index is -0.888. The number of nitrogens with one attached hydrogen (secondary N) is 1. The van der Waals surface area contributed by atoms with Crippen molar-refractivity contribution in [3.8, 4) is 0 Å². The number of hydrogen-bond donors (Lipinski definition) is 2. The molecule has 116 valence electrons. The van der Waals surface area contributed by atoms with E-state index in [1.807, 2.05) is 0 Å². The predicted octanol–water partition coefficient (Wildman–Crippen LogP) is 2.05. The lowest BCUT2D eigenvalue weighted by Gasteiger charge is -2.13. The number of benzene rings is 1. The molecule has 2 aromatic rings. The van der Waals surface area contributed by atoms with E-state index >= 15 is 0 Å². The highest BCUT2D eigenvalue weighted by Crippen LogP contribution is 2.22. The van der Waals surface area contributed by atoms with Crippen molar-refractivity contribution >= 4 is 23.2 Å². The molecule has 0 aliphatic heterocycles. The number of aromatic nitrogens is 1. The zero-order chi connectivity index (χ0) is 16.3. The van der Waals surface area contributed by atoms with Crippen molar-refractivity contribution in [2.45, 2.75) is 6.10 Å². The number of aryl methyl sites for hydroxylation is 1. The molecule has 0 aliphatic rings. The van der Waals surface area contributed by atoms with Crippen LogP contribution in [0.25, 0.3) is 0 Å². The second kappa shape index (κ2) is 6.59. The molecule has 0 spiro atoms. The molecule has 1 aromatic heterocycles. The standard InChI is InChI=1S/C14H14ClN3O4/c1-17-6-2-3-12(17)13(19)8-16-14(20)10-7-9(18(21)22)4-5-11(10)15/h2-7,13,19H,8H2,1H3,(H,16,20). The molecule has 0 radical (unpaired) electrons. The van der Waals surface area contributed by atoms with Gasteiger partial charge in [-0.2, -0.15) is 0 Å². The Kier molecular flexibility index (Phi) is 4.79. The van der Waals surface area contributed by atoms with Gasteiger partial charge in [-0.3, -0.25) is 14.9 Å². The van der Waals surface area contributed by atoms with Crippen LogP contribution in [0.15, 0.2) is 36.5 Å². The topological polar surface area (TPSA) is 97.4 Å². The number of nitro groups is 1. The van der Waals surface area contributed by atoms with Gasteiger partial charge in [0.25, 0.3) is 11.6 Å². The first-order valence-corrected chi connectivity index (χ1v) is 6.79. The second-order valence-corrected chi connectivity index (χ2v) is 5.10. The van der Waals surface area contributed by atoms with E-state index in [2.05, 4.69) is 5.32 Å². The highest BCUT2D eigenvalue weighted by atomic mass is 35.5. The van der Waals surface area contributed by atoms with Crippen LogP contribution >= 0.6 is 11.6 Å². The summed E-state index contributed by atoms with van der Waals surface area (Å²) < 4.78 is 1.73. The summed E-state index contributed by atoms with van der Waals surface area (Å²) in [6.45, 7) is -0.0320. The number of aliphatic hydroxyl groups is 1. The zero-order valence-corrected chi connectivity index (χ0v) is 12.4. The first-order chi connectivity index (χ1) is 10.4. The van der Waals surface area contributed by atoms with Gasteiger partial charge in [-0.25, -0.2) is 0 Å². The normalized spacial score (nSPS) is 12.0. The van der Waals surface area contributed by atoms with Gasteiger partial charge in [0.05, 0.1) is 15.5 Å². The number of nitro benzene ring substituents is 1. The highest BCUT2D eigenvalue weighted by Gasteiger charge is 2.17. The Morgan fingerprint density at radius 3 is 2.82 bits per heavy atom. The first-order valence-electron chi connectivity index (χ1n) is 6.41. The summed E-state index contributed by atoms with van der Waals surface area (Å²) in [4.78, 5) is 22.2. The van der Waals surface area contributed by atoms with Gasteiger partial charge < -0.3 is 15.0 Å². The van der Waals surface area contributed by atoms with E-state index in [4.69, 9.17) is 11.6 Å². The number of amides is 1. The molecule has 7 nitrogen and oxygen atoms in total. The van der Waals surface area contributed by atoms with Crippen molar-refractivity contribution in [1.29, 1.82) is 0 Å². The molecule has 0 saturated heterocycles. The molecular weight excluding hydrogens is 310 g/mol. The van der Waals surface area contributed by atoms with E-state index in [9.17, 15) is 20.0 Å². The average molecular weight is 324 g/mol. The smallest absolute Gasteiger partial charge is 0.270 e. The summed E-state index contributed by atoms with van der Waals surface area (Å²) in [6, 6.07) is 7.13. The molecule has 1 amide bonds. The molecule has 1 unspecified atom stereocenters. The van der Waals surface area contributed by atoms with Gasteiger partial charge in [0.2, 0.25) is 0 Å². The fourth-order valence-corrected chi connectivity index (χ4v) is 2.21. The highest BCUT2D eigenvalue weighted by molar-refractivity contribution is 6.33. The van der Waals surface area contributed by atoms with Gasteiger partial charge in [0.1, 0.15) is 6.10 Å². The molecule has 2 N–H and O–H groups in total. The van der Waals surface area contributed by atoms with Crippen LogP contribution < -0.4 is 5.32 Å². The SMILES string of the molecule is Cn1cccc1C(O)CNC(=O)c1cc([N+](=O)[O-])ccc1Cl. The first kappa shape index (κ1) is 16.0. The fourth-order valence-electron chi connectivity index (χ4n) is 2.01. The largest absolute Gasteiger partial charge is 0.385 e. The van der Waals surface area contributed by atoms with Crippen molar-refractivity contribution in [1.82, 2.24) is 9.88 Å². The van der Waals surface area contributed by atoms with Crippen molar-refractivity contribution in [3.05, 3.63) is 62.9 Å². The van der Waals surface area contributed by atoms with Crippen LogP contribution in [0.2, 0.25) is 5.02 Å². The summed E-state index contributed by atoms with van der Waals surface area (Å²) in [5.41, 5.74) is 0.415. The van der Waals surface area contributed by atoms with Gasteiger partial charge in [0.15, 0.2) is 0 Å². The zero-order valence-electron chi connectivity index (χ0n) is 11.7. The second-order valence-electron chi connectivity index (χ2n) is 4.69. The van der Waals surface area contributed by atoms with Gasteiger partial charge in [-0.1, -0.05) is 11.6 Å². The van der Waals surface area contributed by atoms with Crippen molar-refractivity contribution in [3.63, 3.8) is 0 Å². The maximum absolute atomic E-state index is 12.1. The molecule has 22 heavy (non-hydrogen) atoms. The number of nitrogens with zero attached hydrogens (tertiary/aromatic N) is 2. The van der Waals surface area contributed by atoms with Crippen molar-refractivity contribution in [2.75, 3.05) is 6.54 Å². The third-order valence-electron chi connectivity index (χ3n) is 3.19. The van der Waals surface area contributed by atoms with Crippen molar-refractivity contribution in [2.24, 2.45) is 7.05 Å². The van der Waals surface area contributed by atoms with Crippen LogP contribution in [0.1, 0.15) is 22.2 Å².